The van der Waals surface area contributed by atoms with Gasteiger partial charge in [0.1, 0.15) is 9.12 Å². The van der Waals surface area contributed by atoms with Crippen LogP contribution < -0.4 is 0 Å². The van der Waals surface area contributed by atoms with E-state index < -0.39 is 7.82 Å². The molecule has 5 nitrogen and oxygen atoms in total. The van der Waals surface area contributed by atoms with Gasteiger partial charge in [-0.1, -0.05) is 0 Å². The molecule has 0 aromatic carbocycles. The van der Waals surface area contributed by atoms with Gasteiger partial charge in [0.2, 0.25) is 0 Å². The minimum absolute atomic E-state index is 0.331. The van der Waals surface area contributed by atoms with Gasteiger partial charge < -0.3 is 0 Å². The van der Waals surface area contributed by atoms with Crippen molar-refractivity contribution in [3.8, 4) is 0 Å². The van der Waals surface area contributed by atoms with Gasteiger partial charge in [0, 0.05) is 0 Å². The molecule has 0 radical (unpaired) electrons. The predicted octanol–water partition coefficient (Wildman–Crippen LogP) is 2.68. The number of rotatable bonds is 6. The summed E-state index contributed by atoms with van der Waals surface area (Å²) in [6, 6.07) is 0. The van der Waals surface area contributed by atoms with Crippen molar-refractivity contribution in [3.05, 3.63) is 0 Å². The van der Waals surface area contributed by atoms with E-state index in [0.717, 1.165) is 0 Å². The van der Waals surface area contributed by atoms with E-state index in [-0.39, 0.29) is 0 Å². The average molecular weight is 230 g/mol. The Kier molecular flexibility index (Phi) is 12.4. The lowest BCUT2D eigenvalue weighted by atomic mass is 10.9. The van der Waals surface area contributed by atoms with Crippen molar-refractivity contribution in [2.45, 2.75) is 20.8 Å². The third-order valence-electron chi connectivity index (χ3n) is 0.862. The first-order valence-corrected chi connectivity index (χ1v) is 5.79. The van der Waals surface area contributed by atoms with Gasteiger partial charge in [0.15, 0.2) is 0 Å². The van der Waals surface area contributed by atoms with Crippen LogP contribution in [0.3, 0.4) is 0 Å². The quantitative estimate of drug-likeness (QED) is 0.656. The molecule has 0 aromatic heterocycles. The summed E-state index contributed by atoms with van der Waals surface area (Å²) < 4.78 is 33.9. The molecule has 0 heterocycles. The smallest absolute Gasteiger partial charge is 0.287 e. The van der Waals surface area contributed by atoms with Crippen LogP contribution in [0.25, 0.3) is 0 Å². The Morgan fingerprint density at radius 2 is 1.15 bits per heavy atom. The molecule has 0 aliphatic rings. The molecule has 0 saturated carbocycles. The third-order valence-corrected chi connectivity index (χ3v) is 2.58. The fourth-order valence-corrected chi connectivity index (χ4v) is 1.76. The van der Waals surface area contributed by atoms with Crippen molar-refractivity contribution in [2.24, 2.45) is 0 Å². The fourth-order valence-electron chi connectivity index (χ4n) is 0.586. The molecule has 13 heavy (non-hydrogen) atoms. The lowest BCUT2D eigenvalue weighted by molar-refractivity contribution is 0.126. The van der Waals surface area contributed by atoms with Crippen molar-refractivity contribution >= 4 is 16.9 Å². The normalized spacial score (nSPS) is 10.4. The summed E-state index contributed by atoms with van der Waals surface area (Å²) in [5, 5.41) is 0. The molecule has 0 fully saturated rings. The summed E-state index contributed by atoms with van der Waals surface area (Å²) in [5.41, 5.74) is 0. The fraction of sp³-hybridized carbons (Fsp3) is 1.00. The molecule has 0 saturated heterocycles. The summed E-state index contributed by atoms with van der Waals surface area (Å²) in [5.74, 6) is 0. The first kappa shape index (κ1) is 15.7. The van der Waals surface area contributed by atoms with Crippen LogP contribution in [0.4, 0.5) is 0 Å². The number of hydrogen-bond acceptors (Lipinski definition) is 5. The van der Waals surface area contributed by atoms with Crippen molar-refractivity contribution in [3.63, 3.8) is 0 Å². The van der Waals surface area contributed by atoms with Crippen LogP contribution >= 0.6 is 16.9 Å². The Hall–Kier alpha value is 0.210. The van der Waals surface area contributed by atoms with E-state index in [9.17, 15) is 4.57 Å². The Bertz CT molecular complexity index is 128. The Labute approximate surface area is 81.0 Å². The summed E-state index contributed by atoms with van der Waals surface area (Å²) in [6.07, 6.45) is 0. The number of phosphoric ester groups is 1. The highest BCUT2D eigenvalue weighted by atomic mass is 31.2. The molecule has 0 bridgehead atoms. The largest absolute Gasteiger partial charge is 0.474 e. The monoisotopic (exact) mass is 230 g/mol. The number of phosphoric acid groups is 1. The molecular formula is C6H16O5P2. The summed E-state index contributed by atoms with van der Waals surface area (Å²) in [7, 11) is -1.50. The van der Waals surface area contributed by atoms with Crippen molar-refractivity contribution in [1.82, 2.24) is 0 Å². The maximum Gasteiger partial charge on any atom is 0.474 e. The summed E-state index contributed by atoms with van der Waals surface area (Å²) >= 11 is 0. The SMILES string of the molecule is CCOP(=O)(OCC)OCC.O=P. The van der Waals surface area contributed by atoms with E-state index in [1.807, 2.05) is 0 Å². The van der Waals surface area contributed by atoms with Crippen molar-refractivity contribution in [1.29, 1.82) is 0 Å². The minimum atomic E-state index is -3.22. The van der Waals surface area contributed by atoms with E-state index in [1.54, 1.807) is 29.9 Å². The van der Waals surface area contributed by atoms with E-state index >= 15 is 0 Å². The second-order valence-electron chi connectivity index (χ2n) is 1.70. The van der Waals surface area contributed by atoms with Crippen LogP contribution in [-0.4, -0.2) is 19.8 Å². The second-order valence-corrected chi connectivity index (χ2v) is 3.37. The van der Waals surface area contributed by atoms with Gasteiger partial charge in [0.25, 0.3) is 0 Å². The van der Waals surface area contributed by atoms with Crippen LogP contribution in [0.1, 0.15) is 20.8 Å². The zero-order valence-electron chi connectivity index (χ0n) is 8.11. The minimum Gasteiger partial charge on any atom is -0.287 e. The molecule has 0 rings (SSSR count). The average Bonchev–Trinajstić information content (AvgIpc) is 2.09. The van der Waals surface area contributed by atoms with Gasteiger partial charge in [-0.15, -0.1) is 0 Å². The van der Waals surface area contributed by atoms with Crippen LogP contribution in [-0.2, 0) is 22.7 Å². The lowest BCUT2D eigenvalue weighted by Crippen LogP contribution is -1.99. The zero-order valence-corrected chi connectivity index (χ0v) is 10.0. The topological polar surface area (TPSA) is 61.8 Å². The van der Waals surface area contributed by atoms with Gasteiger partial charge in [0.05, 0.1) is 19.8 Å². The Morgan fingerprint density at radius 3 is 1.31 bits per heavy atom. The summed E-state index contributed by atoms with van der Waals surface area (Å²) in [4.78, 5) is 0. The highest BCUT2D eigenvalue weighted by Gasteiger charge is 2.23. The molecule has 80 valence electrons. The molecule has 0 aliphatic carbocycles. The maximum absolute atomic E-state index is 11.3. The standard InChI is InChI=1S/C6H15O4P.HOP/c1-4-8-11(7,9-5-2)10-6-3;1-2/h4-6H2,1-3H3;2H. The predicted molar refractivity (Wildman–Crippen MR) is 51.5 cm³/mol. The molecule has 0 N–H and O–H groups in total. The van der Waals surface area contributed by atoms with E-state index in [0.29, 0.717) is 19.8 Å². The first-order valence-electron chi connectivity index (χ1n) is 3.92. The summed E-state index contributed by atoms with van der Waals surface area (Å²) in [6.45, 7) is 6.21. The first-order chi connectivity index (χ1) is 6.18. The zero-order chi connectivity index (χ0) is 10.7. The molecule has 0 aromatic rings. The number of hydrogen-bond donors (Lipinski definition) is 0. The van der Waals surface area contributed by atoms with Crippen molar-refractivity contribution in [2.75, 3.05) is 19.8 Å². The molecule has 0 atom stereocenters. The van der Waals surface area contributed by atoms with Gasteiger partial charge in [-0.25, -0.2) is 4.57 Å². The molecule has 0 amide bonds. The maximum atomic E-state index is 11.3. The van der Waals surface area contributed by atoms with Crippen LogP contribution in [0.2, 0.25) is 0 Å². The van der Waals surface area contributed by atoms with E-state index in [2.05, 4.69) is 0 Å². The highest BCUT2D eigenvalue weighted by molar-refractivity contribution is 7.48. The van der Waals surface area contributed by atoms with E-state index in [1.165, 1.54) is 0 Å². The van der Waals surface area contributed by atoms with E-state index in [4.69, 9.17) is 18.1 Å². The second kappa shape index (κ2) is 10.3. The Balaban J connectivity index is 0. The third kappa shape index (κ3) is 8.54. The van der Waals surface area contributed by atoms with Crippen LogP contribution in [0.5, 0.6) is 0 Å². The lowest BCUT2D eigenvalue weighted by Gasteiger charge is -2.14. The van der Waals surface area contributed by atoms with Gasteiger partial charge in [-0.05, 0) is 20.8 Å². The highest BCUT2D eigenvalue weighted by Crippen LogP contribution is 2.48. The molecule has 7 heteroatoms. The molecule has 0 aliphatic heterocycles. The Morgan fingerprint density at radius 1 is 0.923 bits per heavy atom. The van der Waals surface area contributed by atoms with Crippen LogP contribution in [0, 0.1) is 0 Å². The van der Waals surface area contributed by atoms with Gasteiger partial charge in [-0.2, -0.15) is 0 Å². The van der Waals surface area contributed by atoms with Gasteiger partial charge >= 0.3 is 7.82 Å². The van der Waals surface area contributed by atoms with Crippen LogP contribution in [0.15, 0.2) is 0 Å². The molecular weight excluding hydrogens is 214 g/mol. The molecule has 0 unspecified atom stereocenters. The molecule has 0 spiro atoms. The van der Waals surface area contributed by atoms with Crippen molar-refractivity contribution < 1.29 is 22.7 Å². The van der Waals surface area contributed by atoms with Gasteiger partial charge in [-0.3, -0.25) is 18.1 Å².